The second kappa shape index (κ2) is 5.88. The van der Waals surface area contributed by atoms with Crippen molar-refractivity contribution in [2.24, 2.45) is 5.73 Å². The molecule has 2 N–H and O–H groups in total. The number of rotatable bonds is 3. The van der Waals surface area contributed by atoms with Crippen LogP contribution in [0.4, 0.5) is 5.69 Å². The molecule has 0 amide bonds. The molecular weight excluding hydrogens is 254 g/mol. The van der Waals surface area contributed by atoms with Gasteiger partial charge in [0.05, 0.1) is 0 Å². The maximum absolute atomic E-state index is 5.85. The van der Waals surface area contributed by atoms with Gasteiger partial charge < -0.3 is 10.6 Å². The second-order valence-corrected chi connectivity index (χ2v) is 5.75. The van der Waals surface area contributed by atoms with Gasteiger partial charge in [-0.25, -0.2) is 0 Å². The number of thiocarbonyl (C=S) groups is 1. The lowest BCUT2D eigenvalue weighted by Gasteiger charge is -2.41. The molecule has 2 rings (SSSR count). The number of nitrogens with two attached hydrogens (primary N) is 1. The molecule has 0 saturated carbocycles. The molecule has 0 radical (unpaired) electrons. The molecule has 1 aromatic rings. The van der Waals surface area contributed by atoms with Crippen molar-refractivity contribution in [2.45, 2.75) is 26.8 Å². The highest BCUT2D eigenvalue weighted by Gasteiger charge is 2.24. The van der Waals surface area contributed by atoms with E-state index < -0.39 is 0 Å². The fourth-order valence-corrected chi connectivity index (χ4v) is 2.97. The Morgan fingerprint density at radius 2 is 2.16 bits per heavy atom. The molecule has 1 aliphatic rings. The smallest absolute Gasteiger partial charge is 0.106 e. The summed E-state index contributed by atoms with van der Waals surface area (Å²) in [5.74, 6) is 0. The van der Waals surface area contributed by atoms with Gasteiger partial charge in [0.1, 0.15) is 4.99 Å². The van der Waals surface area contributed by atoms with Crippen LogP contribution in [-0.2, 0) is 0 Å². The van der Waals surface area contributed by atoms with Gasteiger partial charge >= 0.3 is 0 Å². The van der Waals surface area contributed by atoms with Crippen LogP contribution in [0.15, 0.2) is 18.2 Å². The molecular formula is C15H23N3S. The standard InChI is InChI=1S/C15H23N3S/c1-4-17-7-8-18(10-12(17)3)14-9-11(2)5-6-13(14)15(16)19/h5-6,9,12H,4,7-8,10H2,1-3H3,(H2,16,19). The average molecular weight is 277 g/mol. The van der Waals surface area contributed by atoms with Crippen molar-refractivity contribution in [1.29, 1.82) is 0 Å². The Morgan fingerprint density at radius 3 is 2.74 bits per heavy atom. The molecule has 4 heteroatoms. The maximum atomic E-state index is 5.85. The minimum atomic E-state index is 0.487. The summed E-state index contributed by atoms with van der Waals surface area (Å²) in [6.45, 7) is 10.9. The highest BCUT2D eigenvalue weighted by molar-refractivity contribution is 7.80. The Balaban J connectivity index is 2.27. The largest absolute Gasteiger partial charge is 0.389 e. The van der Waals surface area contributed by atoms with Crippen molar-refractivity contribution in [3.8, 4) is 0 Å². The van der Waals surface area contributed by atoms with Gasteiger partial charge in [0.25, 0.3) is 0 Å². The van der Waals surface area contributed by atoms with E-state index in [0.29, 0.717) is 11.0 Å². The van der Waals surface area contributed by atoms with Crippen molar-refractivity contribution in [3.05, 3.63) is 29.3 Å². The van der Waals surface area contributed by atoms with Crippen LogP contribution in [0.5, 0.6) is 0 Å². The lowest BCUT2D eigenvalue weighted by molar-refractivity contribution is 0.199. The second-order valence-electron chi connectivity index (χ2n) is 5.31. The minimum Gasteiger partial charge on any atom is -0.389 e. The van der Waals surface area contributed by atoms with Crippen LogP contribution in [-0.4, -0.2) is 42.1 Å². The molecule has 1 aromatic carbocycles. The number of anilines is 1. The first kappa shape index (κ1) is 14.3. The van der Waals surface area contributed by atoms with Crippen LogP contribution in [0, 0.1) is 6.92 Å². The van der Waals surface area contributed by atoms with Crippen molar-refractivity contribution >= 4 is 22.9 Å². The Bertz CT molecular complexity index is 472. The predicted octanol–water partition coefficient (Wildman–Crippen LogP) is 2.16. The third-order valence-corrected chi connectivity index (χ3v) is 4.15. The molecule has 1 saturated heterocycles. The Morgan fingerprint density at radius 1 is 1.42 bits per heavy atom. The van der Waals surface area contributed by atoms with Crippen molar-refractivity contribution in [1.82, 2.24) is 4.90 Å². The first-order chi connectivity index (χ1) is 9.02. The van der Waals surface area contributed by atoms with Crippen LogP contribution in [0.2, 0.25) is 0 Å². The first-order valence-corrected chi connectivity index (χ1v) is 7.33. The number of piperazine rings is 1. The Labute approximate surface area is 121 Å². The minimum absolute atomic E-state index is 0.487. The molecule has 1 fully saturated rings. The van der Waals surface area contributed by atoms with E-state index in [1.54, 1.807) is 0 Å². The SMILES string of the molecule is CCN1CCN(c2cc(C)ccc2C(N)=S)CC1C. The third kappa shape index (κ3) is 3.07. The van der Waals surface area contributed by atoms with E-state index in [9.17, 15) is 0 Å². The summed E-state index contributed by atoms with van der Waals surface area (Å²) in [4.78, 5) is 5.41. The van der Waals surface area contributed by atoms with Gasteiger partial charge in [-0.15, -0.1) is 0 Å². The zero-order valence-corrected chi connectivity index (χ0v) is 12.8. The van der Waals surface area contributed by atoms with Crippen molar-refractivity contribution in [3.63, 3.8) is 0 Å². The molecule has 0 aromatic heterocycles. The van der Waals surface area contributed by atoms with E-state index in [2.05, 4.69) is 42.7 Å². The fraction of sp³-hybridized carbons (Fsp3) is 0.533. The summed E-state index contributed by atoms with van der Waals surface area (Å²) < 4.78 is 0. The molecule has 1 aliphatic heterocycles. The molecule has 19 heavy (non-hydrogen) atoms. The van der Waals surface area contributed by atoms with E-state index in [4.69, 9.17) is 18.0 Å². The summed E-state index contributed by atoms with van der Waals surface area (Å²) in [6, 6.07) is 6.88. The Hall–Kier alpha value is -1.13. The maximum Gasteiger partial charge on any atom is 0.106 e. The monoisotopic (exact) mass is 277 g/mol. The fourth-order valence-electron chi connectivity index (χ4n) is 2.80. The molecule has 1 heterocycles. The van der Waals surface area contributed by atoms with Gasteiger partial charge in [0.2, 0.25) is 0 Å². The van der Waals surface area contributed by atoms with E-state index in [-0.39, 0.29) is 0 Å². The Kier molecular flexibility index (Phi) is 4.42. The molecule has 0 spiro atoms. The highest BCUT2D eigenvalue weighted by Crippen LogP contribution is 2.25. The lowest BCUT2D eigenvalue weighted by atomic mass is 10.1. The molecule has 104 valence electrons. The van der Waals surface area contributed by atoms with Gasteiger partial charge in [0.15, 0.2) is 0 Å². The van der Waals surface area contributed by atoms with Gasteiger partial charge in [-0.2, -0.15) is 0 Å². The number of likely N-dealkylation sites (N-methyl/N-ethyl adjacent to an activating group) is 1. The topological polar surface area (TPSA) is 32.5 Å². The molecule has 0 bridgehead atoms. The van der Waals surface area contributed by atoms with E-state index in [1.807, 2.05) is 6.07 Å². The van der Waals surface area contributed by atoms with Crippen LogP contribution < -0.4 is 10.6 Å². The van der Waals surface area contributed by atoms with Crippen molar-refractivity contribution < 1.29 is 0 Å². The highest BCUT2D eigenvalue weighted by atomic mass is 32.1. The molecule has 1 unspecified atom stereocenters. The van der Waals surface area contributed by atoms with Crippen LogP contribution in [0.3, 0.4) is 0 Å². The third-order valence-electron chi connectivity index (χ3n) is 3.93. The van der Waals surface area contributed by atoms with Gasteiger partial charge in [0, 0.05) is 36.9 Å². The van der Waals surface area contributed by atoms with Gasteiger partial charge in [-0.3, -0.25) is 4.90 Å². The summed E-state index contributed by atoms with van der Waals surface area (Å²) in [6.07, 6.45) is 0. The number of benzene rings is 1. The first-order valence-electron chi connectivity index (χ1n) is 6.92. The summed E-state index contributed by atoms with van der Waals surface area (Å²) in [5.41, 5.74) is 9.29. The van der Waals surface area contributed by atoms with Gasteiger partial charge in [-0.1, -0.05) is 25.2 Å². The predicted molar refractivity (Wildman–Crippen MR) is 86.0 cm³/mol. The van der Waals surface area contributed by atoms with E-state index in [0.717, 1.165) is 31.7 Å². The molecule has 0 aliphatic carbocycles. The number of nitrogens with zero attached hydrogens (tertiary/aromatic N) is 2. The van der Waals surface area contributed by atoms with E-state index in [1.165, 1.54) is 11.3 Å². The average Bonchev–Trinajstić information content (AvgIpc) is 2.38. The van der Waals surface area contributed by atoms with Crippen LogP contribution in [0.25, 0.3) is 0 Å². The number of hydrogen-bond donors (Lipinski definition) is 1. The van der Waals surface area contributed by atoms with E-state index >= 15 is 0 Å². The van der Waals surface area contributed by atoms with Gasteiger partial charge in [-0.05, 0) is 38.1 Å². The summed E-state index contributed by atoms with van der Waals surface area (Å²) in [5, 5.41) is 0. The molecule has 1 atom stereocenters. The van der Waals surface area contributed by atoms with Crippen LogP contribution >= 0.6 is 12.2 Å². The van der Waals surface area contributed by atoms with Crippen molar-refractivity contribution in [2.75, 3.05) is 31.1 Å². The lowest BCUT2D eigenvalue weighted by Crippen LogP contribution is -2.52. The normalized spacial score (nSPS) is 20.6. The summed E-state index contributed by atoms with van der Waals surface area (Å²) >= 11 is 5.18. The number of hydrogen-bond acceptors (Lipinski definition) is 3. The summed E-state index contributed by atoms with van der Waals surface area (Å²) in [7, 11) is 0. The molecule has 3 nitrogen and oxygen atoms in total. The van der Waals surface area contributed by atoms with Crippen LogP contribution in [0.1, 0.15) is 25.0 Å². The zero-order valence-electron chi connectivity index (χ0n) is 12.0. The quantitative estimate of drug-likeness (QED) is 0.858. The number of aryl methyl sites for hydroxylation is 1. The zero-order chi connectivity index (χ0) is 14.0.